The second-order valence-electron chi connectivity index (χ2n) is 8.32. The Bertz CT molecular complexity index is 1290. The van der Waals surface area contributed by atoms with Crippen LogP contribution in [0.15, 0.2) is 29.1 Å². The number of amides is 1. The van der Waals surface area contributed by atoms with E-state index in [1.807, 2.05) is 49.9 Å². The Morgan fingerprint density at radius 2 is 1.76 bits per heavy atom. The van der Waals surface area contributed by atoms with Crippen molar-refractivity contribution in [2.75, 3.05) is 26.2 Å². The van der Waals surface area contributed by atoms with Crippen LogP contribution in [-0.4, -0.2) is 56.7 Å². The van der Waals surface area contributed by atoms with E-state index in [-0.39, 0.29) is 11.5 Å². The van der Waals surface area contributed by atoms with Crippen LogP contribution in [0.1, 0.15) is 37.7 Å². The molecule has 0 N–H and O–H groups in total. The maximum Gasteiger partial charge on any atom is 0.277 e. The number of hydrogen-bond acceptors (Lipinski definition) is 7. The molecule has 1 aromatic carbocycles. The first kappa shape index (κ1) is 22.8. The van der Waals surface area contributed by atoms with Gasteiger partial charge in [0.1, 0.15) is 9.88 Å². The molecule has 33 heavy (non-hydrogen) atoms. The summed E-state index contributed by atoms with van der Waals surface area (Å²) in [6, 6.07) is 9.76. The largest absolute Gasteiger partial charge is 0.335 e. The van der Waals surface area contributed by atoms with E-state index in [0.29, 0.717) is 39.8 Å². The zero-order valence-electron chi connectivity index (χ0n) is 19.3. The monoisotopic (exact) mass is 462 g/mol. The standard InChI is InChI=1S/C24H26N6O2S/c1-15-16(2)27-28(4)23(31)20(15)22-26-17(3)21(33-22)24(32)30-11-9-29(10-12-30)14-19-7-5-18(13-25)6-8-19/h5-8H,9-12,14H2,1-4H3. The first-order valence-corrected chi connectivity index (χ1v) is 11.6. The molecule has 1 saturated heterocycles. The second kappa shape index (κ2) is 9.25. The normalized spacial score (nSPS) is 14.3. The van der Waals surface area contributed by atoms with Crippen molar-refractivity contribution >= 4 is 17.2 Å². The highest BCUT2D eigenvalue weighted by Crippen LogP contribution is 2.29. The van der Waals surface area contributed by atoms with E-state index < -0.39 is 0 Å². The first-order chi connectivity index (χ1) is 15.8. The topological polar surface area (TPSA) is 95.1 Å². The van der Waals surface area contributed by atoms with Gasteiger partial charge in [-0.2, -0.15) is 10.4 Å². The lowest BCUT2D eigenvalue weighted by Gasteiger charge is -2.34. The molecule has 3 aromatic rings. The van der Waals surface area contributed by atoms with Gasteiger partial charge >= 0.3 is 0 Å². The number of rotatable bonds is 4. The number of thiazole rings is 1. The number of nitriles is 1. The number of hydrogen-bond donors (Lipinski definition) is 0. The first-order valence-electron chi connectivity index (χ1n) is 10.8. The van der Waals surface area contributed by atoms with E-state index in [9.17, 15) is 9.59 Å². The molecule has 3 heterocycles. The highest BCUT2D eigenvalue weighted by molar-refractivity contribution is 7.17. The van der Waals surface area contributed by atoms with Gasteiger partial charge in [-0.05, 0) is 44.0 Å². The minimum atomic E-state index is -0.206. The zero-order valence-corrected chi connectivity index (χ0v) is 20.1. The summed E-state index contributed by atoms with van der Waals surface area (Å²) >= 11 is 1.28. The second-order valence-corrected chi connectivity index (χ2v) is 9.32. The van der Waals surface area contributed by atoms with Crippen LogP contribution in [0.25, 0.3) is 10.6 Å². The molecule has 170 valence electrons. The number of carbonyl (C=O) groups is 1. The van der Waals surface area contributed by atoms with Crippen LogP contribution in [0.3, 0.4) is 0 Å². The number of carbonyl (C=O) groups excluding carboxylic acids is 1. The molecular weight excluding hydrogens is 436 g/mol. The summed E-state index contributed by atoms with van der Waals surface area (Å²) in [5.41, 5.74) is 4.33. The van der Waals surface area contributed by atoms with Crippen LogP contribution in [-0.2, 0) is 13.6 Å². The maximum atomic E-state index is 13.3. The summed E-state index contributed by atoms with van der Waals surface area (Å²) in [6.45, 7) is 9.17. The molecule has 9 heteroatoms. The van der Waals surface area contributed by atoms with Crippen LogP contribution < -0.4 is 5.56 Å². The third kappa shape index (κ3) is 4.58. The van der Waals surface area contributed by atoms with Crippen molar-refractivity contribution < 1.29 is 4.79 Å². The molecule has 0 radical (unpaired) electrons. The number of benzene rings is 1. The van der Waals surface area contributed by atoms with Crippen LogP contribution in [0.4, 0.5) is 0 Å². The minimum Gasteiger partial charge on any atom is -0.335 e. The van der Waals surface area contributed by atoms with Gasteiger partial charge in [0.2, 0.25) is 0 Å². The van der Waals surface area contributed by atoms with Gasteiger partial charge in [-0.15, -0.1) is 11.3 Å². The van der Waals surface area contributed by atoms with Gasteiger partial charge < -0.3 is 4.90 Å². The van der Waals surface area contributed by atoms with E-state index in [1.54, 1.807) is 7.05 Å². The smallest absolute Gasteiger partial charge is 0.277 e. The Kier molecular flexibility index (Phi) is 6.40. The number of aromatic nitrogens is 3. The van der Waals surface area contributed by atoms with E-state index in [1.165, 1.54) is 16.0 Å². The Morgan fingerprint density at radius 3 is 2.39 bits per heavy atom. The maximum absolute atomic E-state index is 13.3. The molecule has 1 fully saturated rings. The summed E-state index contributed by atoms with van der Waals surface area (Å²) in [5.74, 6) is -0.0328. The summed E-state index contributed by atoms with van der Waals surface area (Å²) in [5, 5.41) is 13.7. The molecule has 0 aliphatic carbocycles. The third-order valence-corrected chi connectivity index (χ3v) is 7.24. The summed E-state index contributed by atoms with van der Waals surface area (Å²) in [7, 11) is 1.63. The predicted molar refractivity (Wildman–Crippen MR) is 127 cm³/mol. The van der Waals surface area contributed by atoms with Gasteiger partial charge in [0.15, 0.2) is 0 Å². The van der Waals surface area contributed by atoms with Gasteiger partial charge in [-0.3, -0.25) is 14.5 Å². The van der Waals surface area contributed by atoms with Crippen molar-refractivity contribution in [1.29, 1.82) is 5.26 Å². The molecule has 2 aromatic heterocycles. The Morgan fingerprint density at radius 1 is 1.09 bits per heavy atom. The van der Waals surface area contributed by atoms with Crippen molar-refractivity contribution in [1.82, 2.24) is 24.6 Å². The molecule has 0 unspecified atom stereocenters. The molecular formula is C24H26N6O2S. The Balaban J connectivity index is 1.46. The van der Waals surface area contributed by atoms with Gasteiger partial charge in [0.05, 0.1) is 28.6 Å². The molecule has 1 aliphatic heterocycles. The van der Waals surface area contributed by atoms with E-state index in [0.717, 1.165) is 36.5 Å². The Hall–Kier alpha value is -3.35. The van der Waals surface area contributed by atoms with E-state index in [4.69, 9.17) is 5.26 Å². The lowest BCUT2D eigenvalue weighted by Crippen LogP contribution is -2.48. The molecule has 1 aliphatic rings. The van der Waals surface area contributed by atoms with Gasteiger partial charge in [0, 0.05) is 39.8 Å². The molecule has 0 spiro atoms. The third-order valence-electron chi connectivity index (χ3n) is 6.08. The lowest BCUT2D eigenvalue weighted by molar-refractivity contribution is 0.0632. The van der Waals surface area contributed by atoms with Crippen LogP contribution in [0.2, 0.25) is 0 Å². The van der Waals surface area contributed by atoms with Crippen molar-refractivity contribution in [2.45, 2.75) is 27.3 Å². The molecule has 0 bridgehead atoms. The lowest BCUT2D eigenvalue weighted by atomic mass is 10.1. The quantitative estimate of drug-likeness (QED) is 0.592. The molecule has 0 saturated carbocycles. The fourth-order valence-corrected chi connectivity index (χ4v) is 5.13. The summed E-state index contributed by atoms with van der Waals surface area (Å²) < 4.78 is 1.32. The van der Waals surface area contributed by atoms with Crippen LogP contribution in [0.5, 0.6) is 0 Å². The fraction of sp³-hybridized carbons (Fsp3) is 0.375. The van der Waals surface area contributed by atoms with Gasteiger partial charge in [0.25, 0.3) is 11.5 Å². The number of piperazine rings is 1. The zero-order chi connectivity index (χ0) is 23.7. The number of nitrogens with zero attached hydrogens (tertiary/aromatic N) is 6. The average Bonchev–Trinajstić information content (AvgIpc) is 3.19. The van der Waals surface area contributed by atoms with Gasteiger partial charge in [-0.1, -0.05) is 12.1 Å². The van der Waals surface area contributed by atoms with Crippen molar-refractivity contribution in [3.05, 3.63) is 67.6 Å². The van der Waals surface area contributed by atoms with Crippen LogP contribution in [0, 0.1) is 32.1 Å². The van der Waals surface area contributed by atoms with Crippen molar-refractivity contribution in [3.63, 3.8) is 0 Å². The summed E-state index contributed by atoms with van der Waals surface area (Å²) in [4.78, 5) is 35.3. The highest BCUT2D eigenvalue weighted by Gasteiger charge is 2.27. The molecule has 0 atom stereocenters. The Labute approximate surface area is 196 Å². The molecule has 4 rings (SSSR count). The summed E-state index contributed by atoms with van der Waals surface area (Å²) in [6.07, 6.45) is 0. The van der Waals surface area contributed by atoms with Crippen molar-refractivity contribution in [2.24, 2.45) is 7.05 Å². The van der Waals surface area contributed by atoms with Gasteiger partial charge in [-0.25, -0.2) is 9.67 Å². The fourth-order valence-electron chi connectivity index (χ4n) is 4.00. The highest BCUT2D eigenvalue weighted by atomic mass is 32.1. The van der Waals surface area contributed by atoms with Crippen LogP contribution >= 0.6 is 11.3 Å². The molecule has 8 nitrogen and oxygen atoms in total. The van der Waals surface area contributed by atoms with Crippen molar-refractivity contribution in [3.8, 4) is 16.6 Å². The SMILES string of the molecule is Cc1nc(-c2c(C)c(C)nn(C)c2=O)sc1C(=O)N1CCN(Cc2ccc(C#N)cc2)CC1. The average molecular weight is 463 g/mol. The predicted octanol–water partition coefficient (Wildman–Crippen LogP) is 2.66. The van der Waals surface area contributed by atoms with E-state index in [2.05, 4.69) is 21.1 Å². The van der Waals surface area contributed by atoms with E-state index >= 15 is 0 Å². The molecule has 1 amide bonds. The minimum absolute atomic E-state index is 0.0328. The number of aryl methyl sites for hydroxylation is 3.